The summed E-state index contributed by atoms with van der Waals surface area (Å²) in [6.45, 7) is 4.10. The summed E-state index contributed by atoms with van der Waals surface area (Å²) in [5.74, 6) is 0.332. The molecule has 1 aromatic rings. The fourth-order valence-corrected chi connectivity index (χ4v) is 1.56. The molecule has 0 amide bonds. The zero-order valence-electron chi connectivity index (χ0n) is 8.50. The Hall–Kier alpha value is -0.570. The van der Waals surface area contributed by atoms with E-state index in [0.717, 1.165) is 11.1 Å². The summed E-state index contributed by atoms with van der Waals surface area (Å²) in [7, 11) is 0. The Morgan fingerprint density at radius 1 is 1.43 bits per heavy atom. The first-order valence-electron chi connectivity index (χ1n) is 4.71. The van der Waals surface area contributed by atoms with Crippen molar-refractivity contribution in [2.24, 2.45) is 11.7 Å². The number of halogens is 1. The van der Waals surface area contributed by atoms with E-state index in [4.69, 9.17) is 22.4 Å². The second-order valence-electron chi connectivity index (χ2n) is 3.77. The molecule has 0 bridgehead atoms. The van der Waals surface area contributed by atoms with Crippen molar-refractivity contribution in [2.45, 2.75) is 26.5 Å². The van der Waals surface area contributed by atoms with Crippen LogP contribution in [-0.4, -0.2) is 5.11 Å². The van der Waals surface area contributed by atoms with Crippen molar-refractivity contribution in [3.8, 4) is 0 Å². The summed E-state index contributed by atoms with van der Waals surface area (Å²) in [5, 5.41) is 9.80. The van der Waals surface area contributed by atoms with Crippen LogP contribution in [0.15, 0.2) is 18.2 Å². The topological polar surface area (TPSA) is 46.2 Å². The van der Waals surface area contributed by atoms with E-state index in [1.165, 1.54) is 0 Å². The number of nitrogens with two attached hydrogens (primary N) is 1. The van der Waals surface area contributed by atoms with Gasteiger partial charge in [-0.3, -0.25) is 0 Å². The van der Waals surface area contributed by atoms with Gasteiger partial charge in [-0.1, -0.05) is 31.5 Å². The van der Waals surface area contributed by atoms with Crippen molar-refractivity contribution in [2.75, 3.05) is 0 Å². The standard InChI is InChI=1S/C11H16ClNO/c1-7(2)11(13)10-5-9(12)4-3-8(10)6-14/h3-5,7,11,14H,6,13H2,1-2H3. The van der Waals surface area contributed by atoms with Crippen LogP contribution in [0, 0.1) is 5.92 Å². The fourth-order valence-electron chi connectivity index (χ4n) is 1.38. The Morgan fingerprint density at radius 2 is 2.07 bits per heavy atom. The highest BCUT2D eigenvalue weighted by Gasteiger charge is 2.14. The molecule has 0 fully saturated rings. The molecule has 78 valence electrons. The van der Waals surface area contributed by atoms with E-state index in [2.05, 4.69) is 0 Å². The molecule has 0 heterocycles. The summed E-state index contributed by atoms with van der Waals surface area (Å²) in [4.78, 5) is 0. The van der Waals surface area contributed by atoms with Gasteiger partial charge in [-0.15, -0.1) is 0 Å². The third-order valence-electron chi connectivity index (χ3n) is 2.36. The largest absolute Gasteiger partial charge is 0.392 e. The number of benzene rings is 1. The molecule has 0 aliphatic rings. The lowest BCUT2D eigenvalue weighted by atomic mass is 9.93. The number of aliphatic hydroxyl groups excluding tert-OH is 1. The second-order valence-corrected chi connectivity index (χ2v) is 4.21. The van der Waals surface area contributed by atoms with E-state index in [0.29, 0.717) is 10.9 Å². The van der Waals surface area contributed by atoms with Crippen molar-refractivity contribution < 1.29 is 5.11 Å². The van der Waals surface area contributed by atoms with Crippen LogP contribution in [0.2, 0.25) is 5.02 Å². The van der Waals surface area contributed by atoms with Gasteiger partial charge in [0.1, 0.15) is 0 Å². The van der Waals surface area contributed by atoms with Crippen LogP contribution < -0.4 is 5.73 Å². The van der Waals surface area contributed by atoms with Crippen LogP contribution in [0.25, 0.3) is 0 Å². The van der Waals surface area contributed by atoms with E-state index < -0.39 is 0 Å². The Morgan fingerprint density at radius 3 is 2.57 bits per heavy atom. The SMILES string of the molecule is CC(C)C(N)c1cc(Cl)ccc1CO. The fraction of sp³-hybridized carbons (Fsp3) is 0.455. The van der Waals surface area contributed by atoms with E-state index in [1.807, 2.05) is 26.0 Å². The van der Waals surface area contributed by atoms with Gasteiger partial charge in [0, 0.05) is 11.1 Å². The molecule has 0 saturated heterocycles. The monoisotopic (exact) mass is 213 g/mol. The highest BCUT2D eigenvalue weighted by atomic mass is 35.5. The van der Waals surface area contributed by atoms with Crippen molar-refractivity contribution in [1.29, 1.82) is 0 Å². The first kappa shape index (κ1) is 11.5. The zero-order valence-corrected chi connectivity index (χ0v) is 9.25. The molecule has 0 aliphatic carbocycles. The molecule has 1 aromatic carbocycles. The Balaban J connectivity index is 3.10. The molecule has 0 radical (unpaired) electrons. The Labute approximate surface area is 89.7 Å². The maximum atomic E-state index is 9.14. The molecular weight excluding hydrogens is 198 g/mol. The van der Waals surface area contributed by atoms with Gasteiger partial charge in [-0.05, 0) is 29.2 Å². The summed E-state index contributed by atoms with van der Waals surface area (Å²) < 4.78 is 0. The summed E-state index contributed by atoms with van der Waals surface area (Å²) in [6.07, 6.45) is 0. The molecule has 14 heavy (non-hydrogen) atoms. The lowest BCUT2D eigenvalue weighted by molar-refractivity contribution is 0.279. The molecule has 0 spiro atoms. The summed E-state index contributed by atoms with van der Waals surface area (Å²) in [6, 6.07) is 5.34. The minimum Gasteiger partial charge on any atom is -0.392 e. The minimum absolute atomic E-state index is 0.00687. The molecule has 3 N–H and O–H groups in total. The van der Waals surface area contributed by atoms with Crippen molar-refractivity contribution in [3.63, 3.8) is 0 Å². The quantitative estimate of drug-likeness (QED) is 0.811. The van der Waals surface area contributed by atoms with Crippen LogP contribution in [0.3, 0.4) is 0 Å². The van der Waals surface area contributed by atoms with Crippen LogP contribution in [0.5, 0.6) is 0 Å². The van der Waals surface area contributed by atoms with E-state index in [9.17, 15) is 0 Å². The van der Waals surface area contributed by atoms with Crippen LogP contribution in [0.1, 0.15) is 31.0 Å². The molecule has 0 saturated carbocycles. The highest BCUT2D eigenvalue weighted by Crippen LogP contribution is 2.25. The van der Waals surface area contributed by atoms with Gasteiger partial charge in [0.15, 0.2) is 0 Å². The summed E-state index contributed by atoms with van der Waals surface area (Å²) >= 11 is 5.89. The molecule has 3 heteroatoms. The molecule has 0 aromatic heterocycles. The molecule has 0 aliphatic heterocycles. The minimum atomic E-state index is -0.0733. The third-order valence-corrected chi connectivity index (χ3v) is 2.59. The maximum Gasteiger partial charge on any atom is 0.0685 e. The van der Waals surface area contributed by atoms with Gasteiger partial charge in [-0.25, -0.2) is 0 Å². The van der Waals surface area contributed by atoms with Gasteiger partial charge in [0.05, 0.1) is 6.61 Å². The molecule has 1 unspecified atom stereocenters. The molecule has 1 rings (SSSR count). The van der Waals surface area contributed by atoms with Gasteiger partial charge in [-0.2, -0.15) is 0 Å². The van der Waals surface area contributed by atoms with Crippen molar-refractivity contribution in [1.82, 2.24) is 0 Å². The predicted octanol–water partition coefficient (Wildman–Crippen LogP) is 2.49. The predicted molar refractivity (Wildman–Crippen MR) is 59.1 cm³/mol. The van der Waals surface area contributed by atoms with Crippen LogP contribution >= 0.6 is 11.6 Å². The molecule has 1 atom stereocenters. The van der Waals surface area contributed by atoms with Gasteiger partial charge < -0.3 is 10.8 Å². The first-order chi connectivity index (χ1) is 6.56. The van der Waals surface area contributed by atoms with Gasteiger partial charge >= 0.3 is 0 Å². The molecule has 2 nitrogen and oxygen atoms in total. The van der Waals surface area contributed by atoms with Crippen molar-refractivity contribution in [3.05, 3.63) is 34.3 Å². The first-order valence-corrected chi connectivity index (χ1v) is 5.08. The van der Waals surface area contributed by atoms with Gasteiger partial charge in [0.2, 0.25) is 0 Å². The number of hydrogen-bond donors (Lipinski definition) is 2. The van der Waals surface area contributed by atoms with Crippen LogP contribution in [0.4, 0.5) is 0 Å². The average Bonchev–Trinajstić information content (AvgIpc) is 2.16. The van der Waals surface area contributed by atoms with Gasteiger partial charge in [0.25, 0.3) is 0 Å². The number of aliphatic hydroxyl groups is 1. The van der Waals surface area contributed by atoms with Crippen LogP contribution in [-0.2, 0) is 6.61 Å². The number of hydrogen-bond acceptors (Lipinski definition) is 2. The average molecular weight is 214 g/mol. The van der Waals surface area contributed by atoms with E-state index >= 15 is 0 Å². The van der Waals surface area contributed by atoms with Crippen molar-refractivity contribution >= 4 is 11.6 Å². The van der Waals surface area contributed by atoms with E-state index in [-0.39, 0.29) is 12.6 Å². The lowest BCUT2D eigenvalue weighted by Gasteiger charge is -2.19. The highest BCUT2D eigenvalue weighted by molar-refractivity contribution is 6.30. The third kappa shape index (κ3) is 2.47. The summed E-state index contributed by atoms with van der Waals surface area (Å²) in [5.41, 5.74) is 7.81. The Bertz CT molecular complexity index is 312. The smallest absolute Gasteiger partial charge is 0.0685 e. The zero-order chi connectivity index (χ0) is 10.7. The normalized spacial score (nSPS) is 13.3. The lowest BCUT2D eigenvalue weighted by Crippen LogP contribution is -2.18. The second kappa shape index (κ2) is 4.78. The van der Waals surface area contributed by atoms with E-state index in [1.54, 1.807) is 6.07 Å². The molecular formula is C11H16ClNO. The number of rotatable bonds is 3. The maximum absolute atomic E-state index is 9.14. The Kier molecular flexibility index (Phi) is 3.93.